The molecule has 2 aromatic rings. The van der Waals surface area contributed by atoms with E-state index in [0.717, 1.165) is 6.42 Å². The lowest BCUT2D eigenvalue weighted by molar-refractivity contribution is 0.701. The number of hydrogen-bond donors (Lipinski definition) is 0. The summed E-state index contributed by atoms with van der Waals surface area (Å²) >= 11 is 1.90. The smallest absolute Gasteiger partial charge is 0.0932 e. The van der Waals surface area contributed by atoms with Crippen LogP contribution in [0, 0.1) is 6.92 Å². The fourth-order valence-corrected chi connectivity index (χ4v) is 4.21. The number of thiazole rings is 1. The number of rotatable bonds is 3. The maximum Gasteiger partial charge on any atom is 0.0932 e. The van der Waals surface area contributed by atoms with Gasteiger partial charge in [-0.15, -0.1) is 11.3 Å². The third-order valence-corrected chi connectivity index (χ3v) is 5.38. The zero-order valence-electron chi connectivity index (χ0n) is 11.8. The molecule has 0 saturated heterocycles. The molecular formula is C17H21NS. The van der Waals surface area contributed by atoms with Gasteiger partial charge in [0, 0.05) is 5.92 Å². The van der Waals surface area contributed by atoms with Gasteiger partial charge in [-0.3, -0.25) is 0 Å². The van der Waals surface area contributed by atoms with Gasteiger partial charge in [-0.2, -0.15) is 0 Å². The highest BCUT2D eigenvalue weighted by molar-refractivity contribution is 7.15. The van der Waals surface area contributed by atoms with E-state index in [0.29, 0.717) is 5.92 Å². The van der Waals surface area contributed by atoms with E-state index in [9.17, 15) is 0 Å². The summed E-state index contributed by atoms with van der Waals surface area (Å²) in [5.74, 6) is 0.700. The molecule has 0 aliphatic heterocycles. The van der Waals surface area contributed by atoms with Crippen molar-refractivity contribution in [3.8, 4) is 10.4 Å². The van der Waals surface area contributed by atoms with Crippen LogP contribution in [-0.2, 0) is 6.42 Å². The molecular weight excluding hydrogens is 250 g/mol. The van der Waals surface area contributed by atoms with Crippen LogP contribution in [0.25, 0.3) is 10.4 Å². The first-order chi connectivity index (χ1) is 9.29. The van der Waals surface area contributed by atoms with Gasteiger partial charge in [-0.1, -0.05) is 44.0 Å². The summed E-state index contributed by atoms with van der Waals surface area (Å²) in [4.78, 5) is 6.38. The van der Waals surface area contributed by atoms with Crippen molar-refractivity contribution in [2.75, 3.05) is 0 Å². The minimum Gasteiger partial charge on any atom is -0.245 e. The molecule has 0 atom stereocenters. The molecule has 1 aliphatic rings. The van der Waals surface area contributed by atoms with Crippen LogP contribution < -0.4 is 0 Å². The van der Waals surface area contributed by atoms with Gasteiger partial charge in [-0.25, -0.2) is 4.98 Å². The molecule has 0 radical (unpaired) electrons. The van der Waals surface area contributed by atoms with Gasteiger partial charge >= 0.3 is 0 Å². The van der Waals surface area contributed by atoms with Crippen LogP contribution in [0.3, 0.4) is 0 Å². The predicted octanol–water partition coefficient (Wildman–Crippen LogP) is 5.34. The minimum absolute atomic E-state index is 0.700. The van der Waals surface area contributed by atoms with Crippen LogP contribution in [0.1, 0.15) is 54.8 Å². The topological polar surface area (TPSA) is 12.9 Å². The molecule has 0 bridgehead atoms. The first-order valence-corrected chi connectivity index (χ1v) is 8.17. The Labute approximate surface area is 119 Å². The predicted molar refractivity (Wildman–Crippen MR) is 82.9 cm³/mol. The zero-order chi connectivity index (χ0) is 13.2. The highest BCUT2D eigenvalue weighted by atomic mass is 32.1. The number of benzene rings is 1. The molecule has 1 saturated carbocycles. The molecule has 1 aromatic carbocycles. The van der Waals surface area contributed by atoms with Gasteiger partial charge in [0.15, 0.2) is 0 Å². The Morgan fingerprint density at radius 2 is 1.95 bits per heavy atom. The summed E-state index contributed by atoms with van der Waals surface area (Å²) < 4.78 is 0. The second kappa shape index (κ2) is 5.46. The summed E-state index contributed by atoms with van der Waals surface area (Å²) in [6.45, 7) is 4.41. The van der Waals surface area contributed by atoms with Gasteiger partial charge in [0.05, 0.1) is 15.6 Å². The summed E-state index contributed by atoms with van der Waals surface area (Å²) in [5.41, 5.74) is 4.14. The van der Waals surface area contributed by atoms with Crippen LogP contribution >= 0.6 is 11.3 Å². The quantitative estimate of drug-likeness (QED) is 0.734. The summed E-state index contributed by atoms with van der Waals surface area (Å²) in [7, 11) is 0. The lowest BCUT2D eigenvalue weighted by Gasteiger charge is -2.10. The molecule has 100 valence electrons. The molecule has 3 rings (SSSR count). The first-order valence-electron chi connectivity index (χ1n) is 7.35. The van der Waals surface area contributed by atoms with Crippen molar-refractivity contribution in [2.45, 2.75) is 51.9 Å². The van der Waals surface area contributed by atoms with E-state index in [1.165, 1.54) is 52.4 Å². The molecule has 1 fully saturated rings. The van der Waals surface area contributed by atoms with Crippen molar-refractivity contribution < 1.29 is 0 Å². The molecule has 1 nitrogen and oxygen atoms in total. The van der Waals surface area contributed by atoms with Crippen LogP contribution in [-0.4, -0.2) is 4.98 Å². The maximum atomic E-state index is 4.95. The van der Waals surface area contributed by atoms with Crippen molar-refractivity contribution in [2.24, 2.45) is 0 Å². The Bertz CT molecular complexity index is 564. The maximum absolute atomic E-state index is 4.95. The van der Waals surface area contributed by atoms with Crippen LogP contribution in [0.5, 0.6) is 0 Å². The number of aromatic nitrogens is 1. The van der Waals surface area contributed by atoms with Crippen molar-refractivity contribution in [1.29, 1.82) is 0 Å². The Hall–Kier alpha value is -1.15. The largest absolute Gasteiger partial charge is 0.245 e. The molecule has 2 heteroatoms. The Kier molecular flexibility index (Phi) is 3.69. The average molecular weight is 271 g/mol. The fourth-order valence-electron chi connectivity index (χ4n) is 3.03. The van der Waals surface area contributed by atoms with Crippen molar-refractivity contribution in [3.63, 3.8) is 0 Å². The lowest BCUT2D eigenvalue weighted by Crippen LogP contribution is -1.96. The number of aryl methyl sites for hydroxylation is 2. The first kappa shape index (κ1) is 12.9. The summed E-state index contributed by atoms with van der Waals surface area (Å²) in [6.07, 6.45) is 6.45. The lowest BCUT2D eigenvalue weighted by atomic mass is 9.98. The van der Waals surface area contributed by atoms with E-state index in [-0.39, 0.29) is 0 Å². The average Bonchev–Trinajstić information content (AvgIpc) is 3.08. The van der Waals surface area contributed by atoms with Crippen LogP contribution in [0.15, 0.2) is 24.3 Å². The van der Waals surface area contributed by atoms with E-state index in [2.05, 4.69) is 38.1 Å². The molecule has 1 aliphatic carbocycles. The summed E-state index contributed by atoms with van der Waals surface area (Å²) in [5, 5.41) is 1.29. The second-order valence-corrected chi connectivity index (χ2v) is 6.56. The molecule has 1 aromatic heterocycles. The molecule has 0 unspecified atom stereocenters. The van der Waals surface area contributed by atoms with E-state index >= 15 is 0 Å². The van der Waals surface area contributed by atoms with Crippen molar-refractivity contribution >= 4 is 11.3 Å². The minimum atomic E-state index is 0.700. The number of hydrogen-bond acceptors (Lipinski definition) is 2. The molecule has 19 heavy (non-hydrogen) atoms. The molecule has 1 heterocycles. The fraction of sp³-hybridized carbons (Fsp3) is 0.471. The second-order valence-electron chi connectivity index (χ2n) is 5.47. The van der Waals surface area contributed by atoms with E-state index in [4.69, 9.17) is 4.98 Å². The van der Waals surface area contributed by atoms with E-state index < -0.39 is 0 Å². The van der Waals surface area contributed by atoms with E-state index in [1.807, 2.05) is 11.3 Å². The van der Waals surface area contributed by atoms with Gasteiger partial charge in [-0.05, 0) is 37.3 Å². The number of nitrogens with zero attached hydrogens (tertiary/aromatic N) is 1. The van der Waals surface area contributed by atoms with Gasteiger partial charge in [0.25, 0.3) is 0 Å². The van der Waals surface area contributed by atoms with Crippen molar-refractivity contribution in [1.82, 2.24) is 4.98 Å². The Morgan fingerprint density at radius 3 is 2.63 bits per heavy atom. The van der Waals surface area contributed by atoms with Crippen LogP contribution in [0.4, 0.5) is 0 Å². The Balaban J connectivity index is 2.09. The highest BCUT2D eigenvalue weighted by Gasteiger charge is 2.24. The summed E-state index contributed by atoms with van der Waals surface area (Å²) in [6, 6.07) is 8.72. The van der Waals surface area contributed by atoms with Gasteiger partial charge in [0.1, 0.15) is 0 Å². The standard InChI is InChI=1S/C17H21NS/c1-3-15-18-16(13-9-5-6-10-13)17(19-15)14-11-7-4-8-12(14)2/h4,7-8,11,13H,3,5-6,9-10H2,1-2H3. The van der Waals surface area contributed by atoms with Gasteiger partial charge < -0.3 is 0 Å². The highest BCUT2D eigenvalue weighted by Crippen LogP contribution is 2.42. The monoisotopic (exact) mass is 271 g/mol. The third kappa shape index (κ3) is 2.46. The van der Waals surface area contributed by atoms with Gasteiger partial charge in [0.2, 0.25) is 0 Å². The Morgan fingerprint density at radius 1 is 1.21 bits per heavy atom. The van der Waals surface area contributed by atoms with Crippen molar-refractivity contribution in [3.05, 3.63) is 40.5 Å². The van der Waals surface area contributed by atoms with Crippen LogP contribution in [0.2, 0.25) is 0 Å². The SMILES string of the molecule is CCc1nc(C2CCCC2)c(-c2ccccc2C)s1. The third-order valence-electron chi connectivity index (χ3n) is 4.13. The van der Waals surface area contributed by atoms with E-state index in [1.54, 1.807) is 0 Å². The molecule has 0 amide bonds. The molecule has 0 spiro atoms. The normalized spacial score (nSPS) is 16.1. The molecule has 0 N–H and O–H groups in total. The zero-order valence-corrected chi connectivity index (χ0v) is 12.6.